The number of carbonyl (C=O) groups is 1. The third kappa shape index (κ3) is 1.70. The molecule has 0 aromatic rings. The molecule has 0 radical (unpaired) electrons. The van der Waals surface area contributed by atoms with Crippen LogP contribution in [0.15, 0.2) is 0 Å². The van der Waals surface area contributed by atoms with E-state index in [1.165, 1.54) is 45.1 Å². The van der Waals surface area contributed by atoms with Crippen molar-refractivity contribution in [3.63, 3.8) is 0 Å². The van der Waals surface area contributed by atoms with E-state index in [0.29, 0.717) is 18.2 Å². The zero-order chi connectivity index (χ0) is 11.9. The molecule has 96 valence electrons. The molecule has 3 atom stereocenters. The largest absolute Gasteiger partial charge is 0.466 e. The number of hydrogen-bond donors (Lipinski definition) is 1. The van der Waals surface area contributed by atoms with Gasteiger partial charge in [-0.15, -0.1) is 0 Å². The van der Waals surface area contributed by atoms with Crippen molar-refractivity contribution in [2.45, 2.75) is 63.5 Å². The summed E-state index contributed by atoms with van der Waals surface area (Å²) >= 11 is 0. The molecule has 0 bridgehead atoms. The lowest BCUT2D eigenvalue weighted by molar-refractivity contribution is -0.950. The quantitative estimate of drug-likeness (QED) is 0.726. The minimum absolute atomic E-state index is 0.0840. The maximum atomic E-state index is 12.1. The highest BCUT2D eigenvalue weighted by molar-refractivity contribution is 5.73. The van der Waals surface area contributed by atoms with E-state index in [9.17, 15) is 4.79 Å². The van der Waals surface area contributed by atoms with Crippen LogP contribution in [0.4, 0.5) is 0 Å². The van der Waals surface area contributed by atoms with Crippen LogP contribution in [0.3, 0.4) is 0 Å². The Labute approximate surface area is 104 Å². The zero-order valence-corrected chi connectivity index (χ0v) is 10.8. The van der Waals surface area contributed by atoms with Gasteiger partial charge in [0.1, 0.15) is 12.0 Å². The van der Waals surface area contributed by atoms with Gasteiger partial charge in [-0.05, 0) is 19.8 Å². The molecule has 3 aliphatic rings. The number of hydrogen-bond acceptors (Lipinski definition) is 2. The van der Waals surface area contributed by atoms with Crippen LogP contribution in [0, 0.1) is 5.92 Å². The molecule has 2 heterocycles. The first-order valence-electron chi connectivity index (χ1n) is 7.30. The highest BCUT2D eigenvalue weighted by Crippen LogP contribution is 2.40. The molecule has 0 aromatic heterocycles. The Morgan fingerprint density at radius 1 is 1.35 bits per heavy atom. The summed E-state index contributed by atoms with van der Waals surface area (Å²) in [6, 6.07) is 0.576. The molecule has 1 aliphatic carbocycles. The van der Waals surface area contributed by atoms with Crippen molar-refractivity contribution in [3.05, 3.63) is 0 Å². The molecular formula is C14H24NO2+. The number of fused-ring (bicyclic) bond motifs is 2. The molecule has 1 spiro atoms. The van der Waals surface area contributed by atoms with Crippen LogP contribution in [0.5, 0.6) is 0 Å². The number of ether oxygens (including phenoxy) is 1. The Balaban J connectivity index is 1.81. The molecular weight excluding hydrogens is 214 g/mol. The van der Waals surface area contributed by atoms with E-state index >= 15 is 0 Å². The second kappa shape index (κ2) is 4.27. The molecule has 1 N–H and O–H groups in total. The van der Waals surface area contributed by atoms with Gasteiger partial charge < -0.3 is 9.64 Å². The maximum absolute atomic E-state index is 12.1. The van der Waals surface area contributed by atoms with Crippen molar-refractivity contribution in [3.8, 4) is 0 Å². The third-order valence-electron chi connectivity index (χ3n) is 5.34. The topological polar surface area (TPSA) is 30.7 Å². The summed E-state index contributed by atoms with van der Waals surface area (Å²) in [6.07, 6.45) is 9.06. The average Bonchev–Trinajstić information content (AvgIpc) is 3.00. The second-order valence-corrected chi connectivity index (χ2v) is 6.07. The van der Waals surface area contributed by atoms with Crippen molar-refractivity contribution < 1.29 is 14.4 Å². The molecule has 2 saturated heterocycles. The SMILES string of the molecule is CCOC(=O)[C@H]1CC2(CCCC2)[NH+]2CCC[C@H]12. The Hall–Kier alpha value is -0.570. The molecule has 1 saturated carbocycles. The fourth-order valence-electron chi connectivity index (χ4n) is 4.74. The predicted molar refractivity (Wildman–Crippen MR) is 64.8 cm³/mol. The lowest BCUT2D eigenvalue weighted by Gasteiger charge is -2.31. The highest BCUT2D eigenvalue weighted by Gasteiger charge is 2.60. The van der Waals surface area contributed by atoms with Crippen LogP contribution in [0.25, 0.3) is 0 Å². The smallest absolute Gasteiger partial charge is 0.315 e. The normalized spacial score (nSPS) is 38.5. The van der Waals surface area contributed by atoms with Gasteiger partial charge in [0.25, 0.3) is 0 Å². The van der Waals surface area contributed by atoms with Gasteiger partial charge in [0.05, 0.1) is 18.7 Å². The Morgan fingerprint density at radius 2 is 2.12 bits per heavy atom. The number of quaternary nitrogens is 1. The summed E-state index contributed by atoms with van der Waals surface area (Å²) in [5.74, 6) is 0.284. The first-order chi connectivity index (χ1) is 8.27. The highest BCUT2D eigenvalue weighted by atomic mass is 16.5. The molecule has 3 rings (SSSR count). The fraction of sp³-hybridized carbons (Fsp3) is 0.929. The Bertz CT molecular complexity index is 309. The summed E-state index contributed by atoms with van der Waals surface area (Å²) in [5, 5.41) is 0. The Morgan fingerprint density at radius 3 is 2.82 bits per heavy atom. The first-order valence-corrected chi connectivity index (χ1v) is 7.30. The molecule has 3 fully saturated rings. The summed E-state index contributed by atoms with van der Waals surface area (Å²) < 4.78 is 5.28. The minimum atomic E-state index is 0.0840. The number of nitrogens with one attached hydrogen (secondary N) is 1. The fourth-order valence-corrected chi connectivity index (χ4v) is 4.74. The van der Waals surface area contributed by atoms with Crippen molar-refractivity contribution in [2.24, 2.45) is 5.92 Å². The summed E-state index contributed by atoms with van der Waals surface area (Å²) in [6.45, 7) is 3.74. The molecule has 3 heteroatoms. The van der Waals surface area contributed by atoms with Crippen LogP contribution in [-0.4, -0.2) is 30.7 Å². The van der Waals surface area contributed by atoms with Crippen molar-refractivity contribution in [1.29, 1.82) is 0 Å². The van der Waals surface area contributed by atoms with E-state index in [1.54, 1.807) is 4.90 Å². The Kier molecular flexibility index (Phi) is 2.89. The van der Waals surface area contributed by atoms with E-state index in [0.717, 1.165) is 6.42 Å². The van der Waals surface area contributed by atoms with Crippen LogP contribution in [0.1, 0.15) is 51.9 Å². The molecule has 17 heavy (non-hydrogen) atoms. The predicted octanol–water partition coefficient (Wildman–Crippen LogP) is 0.930. The first kappa shape index (κ1) is 11.5. The van der Waals surface area contributed by atoms with Crippen molar-refractivity contribution in [2.75, 3.05) is 13.2 Å². The van der Waals surface area contributed by atoms with Gasteiger partial charge in [0.15, 0.2) is 0 Å². The van der Waals surface area contributed by atoms with Crippen molar-refractivity contribution >= 4 is 5.97 Å². The lowest BCUT2D eigenvalue weighted by Crippen LogP contribution is -3.19. The van der Waals surface area contributed by atoms with Gasteiger partial charge in [-0.3, -0.25) is 4.79 Å². The van der Waals surface area contributed by atoms with Crippen LogP contribution in [0.2, 0.25) is 0 Å². The molecule has 1 unspecified atom stereocenters. The molecule has 0 aromatic carbocycles. The average molecular weight is 238 g/mol. The van der Waals surface area contributed by atoms with E-state index in [1.807, 2.05) is 6.92 Å². The van der Waals surface area contributed by atoms with Gasteiger partial charge in [-0.25, -0.2) is 0 Å². The number of carbonyl (C=O) groups excluding carboxylic acids is 1. The molecule has 2 aliphatic heterocycles. The van der Waals surface area contributed by atoms with Crippen LogP contribution >= 0.6 is 0 Å². The van der Waals surface area contributed by atoms with E-state index in [4.69, 9.17) is 4.74 Å². The van der Waals surface area contributed by atoms with Gasteiger partial charge in [0.2, 0.25) is 0 Å². The summed E-state index contributed by atoms with van der Waals surface area (Å²) in [4.78, 5) is 13.8. The monoisotopic (exact) mass is 238 g/mol. The van der Waals surface area contributed by atoms with Crippen LogP contribution in [-0.2, 0) is 9.53 Å². The summed E-state index contributed by atoms with van der Waals surface area (Å²) in [7, 11) is 0. The van der Waals surface area contributed by atoms with Crippen LogP contribution < -0.4 is 4.90 Å². The van der Waals surface area contributed by atoms with Crippen molar-refractivity contribution in [1.82, 2.24) is 0 Å². The number of rotatable bonds is 2. The van der Waals surface area contributed by atoms with Gasteiger partial charge >= 0.3 is 5.97 Å². The third-order valence-corrected chi connectivity index (χ3v) is 5.34. The zero-order valence-electron chi connectivity index (χ0n) is 10.8. The summed E-state index contributed by atoms with van der Waals surface area (Å²) in [5.41, 5.74) is 0.457. The van der Waals surface area contributed by atoms with E-state index < -0.39 is 0 Å². The second-order valence-electron chi connectivity index (χ2n) is 6.07. The van der Waals surface area contributed by atoms with Gasteiger partial charge in [-0.2, -0.15) is 0 Å². The standard InChI is InChI=1S/C14H23NO2/c1-2-17-13(16)11-10-14(7-3-4-8-14)15-9-5-6-12(11)15/h11-12H,2-10H2,1H3/p+1/t11-,12+/m0/s1. The minimum Gasteiger partial charge on any atom is -0.466 e. The molecule has 0 amide bonds. The van der Waals surface area contributed by atoms with E-state index in [2.05, 4.69) is 0 Å². The molecule has 3 nitrogen and oxygen atoms in total. The maximum Gasteiger partial charge on any atom is 0.315 e. The van der Waals surface area contributed by atoms with Gasteiger partial charge in [0, 0.05) is 32.1 Å². The van der Waals surface area contributed by atoms with Gasteiger partial charge in [-0.1, -0.05) is 0 Å². The van der Waals surface area contributed by atoms with E-state index in [-0.39, 0.29) is 11.9 Å². The lowest BCUT2D eigenvalue weighted by atomic mass is 9.88. The number of esters is 1.